The largest absolute Gasteiger partial charge is 2.00 e. The van der Waals surface area contributed by atoms with Gasteiger partial charge in [0.05, 0.1) is 11.1 Å². The molecule has 0 aliphatic carbocycles. The molecule has 0 heterocycles. The van der Waals surface area contributed by atoms with Crippen molar-refractivity contribution in [2.24, 2.45) is 0 Å². The number of hydrogen-bond donors (Lipinski definition) is 2. The Morgan fingerprint density at radius 2 is 1.00 bits per heavy atom. The summed E-state index contributed by atoms with van der Waals surface area (Å²) in [4.78, 5) is 20.1. The standard InChI is InChI=1S/2C7H6O2.Pd/c2*8-5-6-3-1-2-4-7(6)9;/h2*1-5,9H;/q;;+2. The first-order chi connectivity index (χ1) is 8.69. The molecule has 0 aromatic heterocycles. The molecule has 0 amide bonds. The van der Waals surface area contributed by atoms with Crippen molar-refractivity contribution < 1.29 is 40.2 Å². The van der Waals surface area contributed by atoms with Crippen LogP contribution >= 0.6 is 0 Å². The van der Waals surface area contributed by atoms with E-state index in [1.807, 2.05) is 0 Å². The van der Waals surface area contributed by atoms with Gasteiger partial charge in [-0.3, -0.25) is 9.59 Å². The van der Waals surface area contributed by atoms with Crippen LogP contribution in [0, 0.1) is 0 Å². The van der Waals surface area contributed by atoms with Crippen LogP contribution in [0.5, 0.6) is 11.5 Å². The molecule has 0 spiro atoms. The molecule has 100 valence electrons. The van der Waals surface area contributed by atoms with E-state index < -0.39 is 0 Å². The molecule has 2 N–H and O–H groups in total. The van der Waals surface area contributed by atoms with Crippen LogP contribution in [0.15, 0.2) is 48.5 Å². The van der Waals surface area contributed by atoms with Crippen LogP contribution < -0.4 is 0 Å². The fourth-order valence-electron chi connectivity index (χ4n) is 1.17. The van der Waals surface area contributed by atoms with Crippen LogP contribution in [0.1, 0.15) is 20.7 Å². The Labute approximate surface area is 124 Å². The summed E-state index contributed by atoms with van der Waals surface area (Å²) < 4.78 is 0. The summed E-state index contributed by atoms with van der Waals surface area (Å²) in [7, 11) is 0. The van der Waals surface area contributed by atoms with Crippen molar-refractivity contribution in [1.82, 2.24) is 0 Å². The summed E-state index contributed by atoms with van der Waals surface area (Å²) >= 11 is 0. The van der Waals surface area contributed by atoms with Crippen LogP contribution in [-0.2, 0) is 20.4 Å². The van der Waals surface area contributed by atoms with Crippen LogP contribution in [-0.4, -0.2) is 22.8 Å². The average molecular weight is 351 g/mol. The molecule has 4 nitrogen and oxygen atoms in total. The van der Waals surface area contributed by atoms with E-state index in [0.717, 1.165) is 0 Å². The van der Waals surface area contributed by atoms with Crippen LogP contribution in [0.3, 0.4) is 0 Å². The van der Waals surface area contributed by atoms with E-state index in [1.165, 1.54) is 12.1 Å². The third kappa shape index (κ3) is 5.47. The van der Waals surface area contributed by atoms with Crippen molar-refractivity contribution in [3.63, 3.8) is 0 Å². The van der Waals surface area contributed by atoms with E-state index in [0.29, 0.717) is 23.7 Å². The van der Waals surface area contributed by atoms with E-state index in [-0.39, 0.29) is 31.9 Å². The molecule has 2 rings (SSSR count). The molecule has 0 bridgehead atoms. The van der Waals surface area contributed by atoms with Crippen molar-refractivity contribution in [3.8, 4) is 11.5 Å². The van der Waals surface area contributed by atoms with Crippen molar-refractivity contribution in [2.45, 2.75) is 0 Å². The fraction of sp³-hybridized carbons (Fsp3) is 0. The number of phenolic OH excluding ortho intramolecular Hbond substituents is 2. The number of para-hydroxylation sites is 2. The van der Waals surface area contributed by atoms with Gasteiger partial charge in [-0.1, -0.05) is 24.3 Å². The Morgan fingerprint density at radius 3 is 1.21 bits per heavy atom. The van der Waals surface area contributed by atoms with Gasteiger partial charge in [-0.15, -0.1) is 0 Å². The van der Waals surface area contributed by atoms with Gasteiger partial charge in [-0.05, 0) is 24.3 Å². The van der Waals surface area contributed by atoms with Gasteiger partial charge in [0.2, 0.25) is 0 Å². The SMILES string of the molecule is O=Cc1ccccc1O.O=Cc1ccccc1O.[Pd+2]. The Morgan fingerprint density at radius 1 is 0.684 bits per heavy atom. The second-order valence-corrected chi connectivity index (χ2v) is 3.35. The molecule has 0 saturated carbocycles. The Hall–Kier alpha value is -1.96. The number of aldehydes is 2. The molecule has 0 aliphatic rings. The third-order valence-corrected chi connectivity index (χ3v) is 2.13. The quantitative estimate of drug-likeness (QED) is 0.644. The summed E-state index contributed by atoms with van der Waals surface area (Å²) in [6.07, 6.45) is 1.24. The smallest absolute Gasteiger partial charge is 0.507 e. The number of benzene rings is 2. The minimum absolute atomic E-state index is 0. The predicted molar refractivity (Wildman–Crippen MR) is 67.0 cm³/mol. The van der Waals surface area contributed by atoms with Crippen molar-refractivity contribution in [1.29, 1.82) is 0 Å². The van der Waals surface area contributed by atoms with E-state index in [1.54, 1.807) is 36.4 Å². The second-order valence-electron chi connectivity index (χ2n) is 3.35. The molecule has 19 heavy (non-hydrogen) atoms. The van der Waals surface area contributed by atoms with Gasteiger partial charge in [0.1, 0.15) is 11.5 Å². The topological polar surface area (TPSA) is 74.6 Å². The molecule has 5 heteroatoms. The Balaban J connectivity index is 0.000000324. The molecule has 0 unspecified atom stereocenters. The maximum atomic E-state index is 10.1. The molecule has 0 radical (unpaired) electrons. The normalized spacial score (nSPS) is 8.42. The van der Waals surface area contributed by atoms with Gasteiger partial charge in [0.25, 0.3) is 0 Å². The fourth-order valence-corrected chi connectivity index (χ4v) is 1.17. The van der Waals surface area contributed by atoms with Gasteiger partial charge >= 0.3 is 20.4 Å². The number of hydrogen-bond acceptors (Lipinski definition) is 4. The predicted octanol–water partition coefficient (Wildman–Crippen LogP) is 2.41. The zero-order valence-corrected chi connectivity index (χ0v) is 11.4. The molecule has 2 aromatic carbocycles. The Kier molecular flexibility index (Phi) is 8.11. The van der Waals surface area contributed by atoms with Crippen molar-refractivity contribution in [3.05, 3.63) is 59.7 Å². The molecule has 2 aromatic rings. The first kappa shape index (κ1) is 17.0. The Bertz CT molecular complexity index is 491. The third-order valence-electron chi connectivity index (χ3n) is 2.13. The number of carbonyl (C=O) groups excluding carboxylic acids is 2. The average Bonchev–Trinajstić information content (AvgIpc) is 2.41. The molecular weight excluding hydrogens is 339 g/mol. The summed E-state index contributed by atoms with van der Waals surface area (Å²) in [6.45, 7) is 0. The maximum Gasteiger partial charge on any atom is 2.00 e. The number of carbonyl (C=O) groups is 2. The molecule has 0 saturated heterocycles. The monoisotopic (exact) mass is 350 g/mol. The summed E-state index contributed by atoms with van der Waals surface area (Å²) in [5, 5.41) is 17.8. The van der Waals surface area contributed by atoms with Crippen molar-refractivity contribution >= 4 is 12.6 Å². The number of phenols is 2. The van der Waals surface area contributed by atoms with E-state index in [9.17, 15) is 9.59 Å². The van der Waals surface area contributed by atoms with Gasteiger partial charge < -0.3 is 10.2 Å². The van der Waals surface area contributed by atoms with Crippen LogP contribution in [0.4, 0.5) is 0 Å². The number of aromatic hydroxyl groups is 2. The summed E-state index contributed by atoms with van der Waals surface area (Å²) in [6, 6.07) is 12.8. The van der Waals surface area contributed by atoms with E-state index in [4.69, 9.17) is 10.2 Å². The molecule has 0 fully saturated rings. The van der Waals surface area contributed by atoms with E-state index >= 15 is 0 Å². The van der Waals surface area contributed by atoms with E-state index in [2.05, 4.69) is 0 Å². The van der Waals surface area contributed by atoms with Gasteiger partial charge in [0.15, 0.2) is 12.6 Å². The van der Waals surface area contributed by atoms with Gasteiger partial charge in [-0.2, -0.15) is 0 Å². The first-order valence-corrected chi connectivity index (χ1v) is 5.15. The van der Waals surface area contributed by atoms with Crippen molar-refractivity contribution in [2.75, 3.05) is 0 Å². The van der Waals surface area contributed by atoms with Crippen LogP contribution in [0.2, 0.25) is 0 Å². The summed E-state index contributed by atoms with van der Waals surface area (Å²) in [5.41, 5.74) is 0.662. The molecule has 0 aliphatic heterocycles. The zero-order chi connectivity index (χ0) is 13.4. The minimum Gasteiger partial charge on any atom is -0.507 e. The summed E-state index contributed by atoms with van der Waals surface area (Å²) in [5.74, 6) is 0.0694. The second kappa shape index (κ2) is 9.04. The number of rotatable bonds is 2. The zero-order valence-electron chi connectivity index (χ0n) is 9.80. The van der Waals surface area contributed by atoms with Gasteiger partial charge in [0, 0.05) is 0 Å². The minimum atomic E-state index is 0. The molecular formula is C14H12O4Pd+2. The first-order valence-electron chi connectivity index (χ1n) is 5.15. The van der Waals surface area contributed by atoms with Gasteiger partial charge in [-0.25, -0.2) is 0 Å². The maximum absolute atomic E-state index is 10.1. The van der Waals surface area contributed by atoms with Crippen LogP contribution in [0.25, 0.3) is 0 Å². The molecule has 0 atom stereocenters.